The molecule has 5 rings (SSSR count). The number of rotatable bonds is 7. The quantitative estimate of drug-likeness (QED) is 0.522. The molecule has 0 unspecified atom stereocenters. The Hall–Kier alpha value is -3.20. The summed E-state index contributed by atoms with van der Waals surface area (Å²) in [6.45, 7) is 7.99. The van der Waals surface area contributed by atoms with Crippen molar-refractivity contribution in [1.29, 1.82) is 0 Å². The van der Waals surface area contributed by atoms with E-state index in [1.54, 1.807) is 0 Å². The number of likely N-dealkylation sites (N-methyl/N-ethyl adjacent to an activating group) is 1. The summed E-state index contributed by atoms with van der Waals surface area (Å²) >= 11 is 0. The van der Waals surface area contributed by atoms with Crippen LogP contribution in [0.15, 0.2) is 36.4 Å². The summed E-state index contributed by atoms with van der Waals surface area (Å²) in [6, 6.07) is 12.4. The molecule has 32 heavy (non-hydrogen) atoms. The topological polar surface area (TPSA) is 97.9 Å². The minimum Gasteiger partial charge on any atom is -0.345 e. The van der Waals surface area contributed by atoms with Crippen molar-refractivity contribution in [1.82, 2.24) is 30.0 Å². The molecule has 2 aromatic heterocycles. The first-order valence-electron chi connectivity index (χ1n) is 11.3. The molecule has 1 saturated heterocycles. The Bertz CT molecular complexity index is 1050. The maximum absolute atomic E-state index is 4.78. The molecular weight excluding hydrogens is 402 g/mol. The highest BCUT2D eigenvalue weighted by Gasteiger charge is 2.26. The molecule has 0 amide bonds. The van der Waals surface area contributed by atoms with E-state index >= 15 is 0 Å². The molecule has 0 spiro atoms. The summed E-state index contributed by atoms with van der Waals surface area (Å²) in [5.41, 5.74) is 1.99. The smallest absolute Gasteiger partial charge is 0.235 e. The fourth-order valence-electron chi connectivity index (χ4n) is 3.95. The Morgan fingerprint density at radius 2 is 1.69 bits per heavy atom. The summed E-state index contributed by atoms with van der Waals surface area (Å²) in [6.07, 6.45) is 2.45. The zero-order valence-corrected chi connectivity index (χ0v) is 19.0. The van der Waals surface area contributed by atoms with E-state index in [-0.39, 0.29) is 5.54 Å². The average Bonchev–Trinajstić information content (AvgIpc) is 3.53. The molecule has 0 bridgehead atoms. The van der Waals surface area contributed by atoms with Crippen LogP contribution in [0.5, 0.6) is 0 Å². The van der Waals surface area contributed by atoms with E-state index in [0.29, 0.717) is 23.8 Å². The fraction of sp³-hybridized carbons (Fsp3) is 0.478. The molecule has 3 aromatic rings. The lowest BCUT2D eigenvalue weighted by Crippen LogP contribution is -2.45. The zero-order valence-electron chi connectivity index (χ0n) is 19.0. The van der Waals surface area contributed by atoms with Crippen LogP contribution in [0.3, 0.4) is 0 Å². The van der Waals surface area contributed by atoms with Crippen molar-refractivity contribution in [3.63, 3.8) is 0 Å². The second-order valence-electron chi connectivity index (χ2n) is 9.30. The van der Waals surface area contributed by atoms with Crippen molar-refractivity contribution < 1.29 is 0 Å². The standard InChI is InChI=1S/C23H31N9/c1-23(2,17-7-5-4-6-8-17)28-21-25-20(24-19-15-18(29-30-19)16-9-10-16)26-22(27-21)32-13-11-31(3)12-14-32/h4-8,15-16H,9-14H2,1-3H3,(H3,24,25,26,27,28,29,30). The van der Waals surface area contributed by atoms with Gasteiger partial charge in [0.2, 0.25) is 17.8 Å². The number of nitrogens with zero attached hydrogens (tertiary/aromatic N) is 6. The number of hydrogen-bond acceptors (Lipinski definition) is 8. The monoisotopic (exact) mass is 433 g/mol. The molecule has 0 atom stereocenters. The van der Waals surface area contributed by atoms with Crippen LogP contribution in [0.2, 0.25) is 0 Å². The highest BCUT2D eigenvalue weighted by molar-refractivity contribution is 5.53. The van der Waals surface area contributed by atoms with E-state index < -0.39 is 0 Å². The second-order valence-corrected chi connectivity index (χ2v) is 9.30. The Balaban J connectivity index is 1.43. The van der Waals surface area contributed by atoms with E-state index in [4.69, 9.17) is 9.97 Å². The van der Waals surface area contributed by atoms with Gasteiger partial charge < -0.3 is 20.4 Å². The lowest BCUT2D eigenvalue weighted by Gasteiger charge is -2.33. The van der Waals surface area contributed by atoms with Crippen LogP contribution in [0.25, 0.3) is 0 Å². The van der Waals surface area contributed by atoms with E-state index in [1.807, 2.05) is 18.2 Å². The van der Waals surface area contributed by atoms with E-state index in [1.165, 1.54) is 18.5 Å². The molecular formula is C23H31N9. The predicted octanol–water partition coefficient (Wildman–Crippen LogP) is 3.31. The number of H-pyrrole nitrogens is 1. The Kier molecular flexibility index (Phi) is 5.42. The number of aromatic nitrogens is 5. The van der Waals surface area contributed by atoms with Gasteiger partial charge in [-0.2, -0.15) is 20.1 Å². The molecule has 1 aromatic carbocycles. The SMILES string of the molecule is CN1CCN(c2nc(Nc3cc(C4CC4)[nH]n3)nc(NC(C)(C)c3ccccc3)n2)CC1. The summed E-state index contributed by atoms with van der Waals surface area (Å²) in [7, 11) is 2.14. The van der Waals surface area contributed by atoms with Crippen molar-refractivity contribution in [2.45, 2.75) is 38.1 Å². The number of nitrogens with one attached hydrogen (secondary N) is 3. The van der Waals surface area contributed by atoms with E-state index in [9.17, 15) is 0 Å². The molecule has 1 aliphatic carbocycles. The molecule has 9 nitrogen and oxygen atoms in total. The van der Waals surface area contributed by atoms with Crippen molar-refractivity contribution in [2.75, 3.05) is 48.8 Å². The second kappa shape index (κ2) is 8.38. The average molecular weight is 434 g/mol. The third kappa shape index (κ3) is 4.67. The summed E-state index contributed by atoms with van der Waals surface area (Å²) in [5, 5.41) is 14.3. The predicted molar refractivity (Wildman–Crippen MR) is 126 cm³/mol. The van der Waals surface area contributed by atoms with Crippen LogP contribution in [0.4, 0.5) is 23.7 Å². The van der Waals surface area contributed by atoms with Gasteiger partial charge in [-0.1, -0.05) is 30.3 Å². The van der Waals surface area contributed by atoms with Crippen LogP contribution in [0.1, 0.15) is 43.9 Å². The van der Waals surface area contributed by atoms with E-state index in [2.05, 4.69) is 74.7 Å². The van der Waals surface area contributed by atoms with Gasteiger partial charge in [-0.25, -0.2) is 0 Å². The minimum absolute atomic E-state index is 0.343. The molecule has 168 valence electrons. The Labute approximate surface area is 188 Å². The largest absolute Gasteiger partial charge is 0.345 e. The molecule has 2 aliphatic rings. The third-order valence-corrected chi connectivity index (χ3v) is 6.18. The molecule has 1 saturated carbocycles. The highest BCUT2D eigenvalue weighted by Crippen LogP contribution is 2.39. The number of piperazine rings is 1. The lowest BCUT2D eigenvalue weighted by molar-refractivity contribution is 0.311. The number of anilines is 4. The molecule has 3 N–H and O–H groups in total. The molecule has 2 fully saturated rings. The summed E-state index contributed by atoms with van der Waals surface area (Å²) in [4.78, 5) is 18.7. The number of benzene rings is 1. The van der Waals surface area contributed by atoms with Crippen LogP contribution in [0, 0.1) is 0 Å². The number of aromatic amines is 1. The van der Waals surface area contributed by atoms with Gasteiger partial charge in [0.25, 0.3) is 0 Å². The number of hydrogen-bond donors (Lipinski definition) is 3. The minimum atomic E-state index is -0.343. The van der Waals surface area contributed by atoms with Crippen molar-refractivity contribution >= 4 is 23.7 Å². The van der Waals surface area contributed by atoms with Gasteiger partial charge in [-0.05, 0) is 39.3 Å². The fourth-order valence-corrected chi connectivity index (χ4v) is 3.95. The molecule has 0 radical (unpaired) electrons. The van der Waals surface area contributed by atoms with E-state index in [0.717, 1.165) is 37.6 Å². The highest BCUT2D eigenvalue weighted by atomic mass is 15.4. The Morgan fingerprint density at radius 1 is 0.969 bits per heavy atom. The van der Waals surface area contributed by atoms with Gasteiger partial charge in [0.15, 0.2) is 5.82 Å². The summed E-state index contributed by atoms with van der Waals surface area (Å²) < 4.78 is 0. The first-order valence-corrected chi connectivity index (χ1v) is 11.3. The van der Waals surface area contributed by atoms with Gasteiger partial charge in [-0.15, -0.1) is 0 Å². The zero-order chi connectivity index (χ0) is 22.1. The van der Waals surface area contributed by atoms with Gasteiger partial charge in [0, 0.05) is 43.9 Å². The van der Waals surface area contributed by atoms with Crippen LogP contribution >= 0.6 is 0 Å². The molecule has 1 aliphatic heterocycles. The van der Waals surface area contributed by atoms with Crippen LogP contribution in [-0.4, -0.2) is 63.3 Å². The van der Waals surface area contributed by atoms with Gasteiger partial charge >= 0.3 is 0 Å². The van der Waals surface area contributed by atoms with Gasteiger partial charge in [0.05, 0.1) is 5.54 Å². The normalized spacial score (nSPS) is 17.4. The van der Waals surface area contributed by atoms with Crippen LogP contribution < -0.4 is 15.5 Å². The van der Waals surface area contributed by atoms with Crippen LogP contribution in [-0.2, 0) is 5.54 Å². The van der Waals surface area contributed by atoms with Gasteiger partial charge in [0.1, 0.15) is 0 Å². The van der Waals surface area contributed by atoms with Gasteiger partial charge in [-0.3, -0.25) is 5.10 Å². The summed E-state index contributed by atoms with van der Waals surface area (Å²) in [5.74, 6) is 3.06. The first kappa shape index (κ1) is 20.7. The van der Waals surface area contributed by atoms with Crippen molar-refractivity contribution in [2.24, 2.45) is 0 Å². The maximum Gasteiger partial charge on any atom is 0.235 e. The lowest BCUT2D eigenvalue weighted by atomic mass is 9.95. The maximum atomic E-state index is 4.78. The van der Waals surface area contributed by atoms with Crippen molar-refractivity contribution in [3.05, 3.63) is 47.7 Å². The van der Waals surface area contributed by atoms with Crippen molar-refractivity contribution in [3.8, 4) is 0 Å². The third-order valence-electron chi connectivity index (χ3n) is 6.18. The molecule has 9 heteroatoms. The molecule has 3 heterocycles. The Morgan fingerprint density at radius 3 is 2.41 bits per heavy atom. The first-order chi connectivity index (χ1) is 15.5.